The minimum atomic E-state index is -4.68. The summed E-state index contributed by atoms with van der Waals surface area (Å²) in [5.41, 5.74) is 2.43. The van der Waals surface area contributed by atoms with E-state index in [9.17, 15) is 13.2 Å². The van der Waals surface area contributed by atoms with E-state index in [0.29, 0.717) is 10.9 Å². The van der Waals surface area contributed by atoms with E-state index in [1.54, 1.807) is 12.1 Å². The van der Waals surface area contributed by atoms with Crippen LogP contribution in [-0.2, 0) is 5.75 Å². The van der Waals surface area contributed by atoms with Crippen LogP contribution in [0.2, 0.25) is 0 Å². The van der Waals surface area contributed by atoms with E-state index in [2.05, 4.69) is 19.9 Å². The molecule has 5 nitrogen and oxygen atoms in total. The van der Waals surface area contributed by atoms with Crippen LogP contribution in [0.3, 0.4) is 0 Å². The summed E-state index contributed by atoms with van der Waals surface area (Å²) in [6.07, 6.45) is -4.68. The lowest BCUT2D eigenvalue weighted by Gasteiger charge is -2.09. The molecule has 24 heavy (non-hydrogen) atoms. The van der Waals surface area contributed by atoms with Crippen molar-refractivity contribution in [1.29, 1.82) is 0 Å². The number of aromatic nitrogens is 4. The Bertz CT molecular complexity index is 862. The maximum atomic E-state index is 12.1. The van der Waals surface area contributed by atoms with Gasteiger partial charge in [-0.25, -0.2) is 4.98 Å². The fourth-order valence-electron chi connectivity index (χ4n) is 2.23. The van der Waals surface area contributed by atoms with Gasteiger partial charge in [-0.15, -0.1) is 23.4 Å². The van der Waals surface area contributed by atoms with Gasteiger partial charge >= 0.3 is 6.36 Å². The lowest BCUT2D eigenvalue weighted by atomic mass is 10.2. The normalized spacial score (nSPS) is 11.9. The number of nitrogens with zero attached hydrogens (tertiary/aromatic N) is 4. The Morgan fingerprint density at radius 1 is 1.12 bits per heavy atom. The second-order valence-electron chi connectivity index (χ2n) is 5.10. The predicted molar refractivity (Wildman–Crippen MR) is 82.9 cm³/mol. The van der Waals surface area contributed by atoms with Gasteiger partial charge in [0.05, 0.1) is 0 Å². The Hall–Kier alpha value is -2.29. The summed E-state index contributed by atoms with van der Waals surface area (Å²) >= 11 is 1.44. The molecular formula is C15H13F3N4OS. The third kappa shape index (κ3) is 3.78. The molecule has 0 aliphatic heterocycles. The number of halogens is 3. The van der Waals surface area contributed by atoms with Crippen molar-refractivity contribution in [3.8, 4) is 5.75 Å². The molecule has 0 aliphatic carbocycles. The van der Waals surface area contributed by atoms with Crippen molar-refractivity contribution in [3.05, 3.63) is 47.4 Å². The van der Waals surface area contributed by atoms with Crippen molar-refractivity contribution in [2.75, 3.05) is 0 Å². The number of rotatable bonds is 4. The van der Waals surface area contributed by atoms with Crippen molar-refractivity contribution >= 4 is 17.4 Å². The number of fused-ring (bicyclic) bond motifs is 1. The number of hydrogen-bond donors (Lipinski definition) is 0. The summed E-state index contributed by atoms with van der Waals surface area (Å²) in [5, 5.41) is 8.94. The second kappa shape index (κ2) is 6.31. The van der Waals surface area contributed by atoms with Crippen molar-refractivity contribution in [2.24, 2.45) is 0 Å². The third-order valence-corrected chi connectivity index (χ3v) is 4.18. The number of alkyl halides is 3. The summed E-state index contributed by atoms with van der Waals surface area (Å²) < 4.78 is 42.1. The molecule has 0 radical (unpaired) electrons. The zero-order chi connectivity index (χ0) is 17.3. The highest BCUT2D eigenvalue weighted by atomic mass is 32.2. The highest BCUT2D eigenvalue weighted by molar-refractivity contribution is 7.98. The molecule has 0 bridgehead atoms. The largest absolute Gasteiger partial charge is 0.573 e. The van der Waals surface area contributed by atoms with Crippen LogP contribution in [0.4, 0.5) is 13.2 Å². The van der Waals surface area contributed by atoms with E-state index >= 15 is 0 Å². The van der Waals surface area contributed by atoms with Gasteiger partial charge in [0.25, 0.3) is 0 Å². The van der Waals surface area contributed by atoms with E-state index in [1.165, 1.54) is 23.9 Å². The lowest BCUT2D eigenvalue weighted by Crippen LogP contribution is -2.16. The Balaban J connectivity index is 1.72. The third-order valence-electron chi connectivity index (χ3n) is 3.18. The molecule has 3 rings (SSSR count). The van der Waals surface area contributed by atoms with Crippen molar-refractivity contribution in [3.63, 3.8) is 0 Å². The predicted octanol–water partition coefficient (Wildman–Crippen LogP) is 3.93. The first kappa shape index (κ1) is 16.6. The average Bonchev–Trinajstić information content (AvgIpc) is 2.88. The summed E-state index contributed by atoms with van der Waals surface area (Å²) in [6, 6.07) is 7.61. The maximum absolute atomic E-state index is 12.1. The molecule has 0 amide bonds. The quantitative estimate of drug-likeness (QED) is 0.665. The van der Waals surface area contributed by atoms with Crippen LogP contribution in [0.5, 0.6) is 5.75 Å². The average molecular weight is 354 g/mol. The Morgan fingerprint density at radius 2 is 1.83 bits per heavy atom. The van der Waals surface area contributed by atoms with E-state index in [4.69, 9.17) is 0 Å². The van der Waals surface area contributed by atoms with Crippen LogP contribution in [0.1, 0.15) is 17.1 Å². The van der Waals surface area contributed by atoms with Gasteiger partial charge in [0.2, 0.25) is 0 Å². The van der Waals surface area contributed by atoms with Gasteiger partial charge in [-0.05, 0) is 31.5 Å². The van der Waals surface area contributed by atoms with Crippen molar-refractivity contribution in [1.82, 2.24) is 19.6 Å². The summed E-state index contributed by atoms with van der Waals surface area (Å²) in [5.74, 6) is 1.09. The molecular weight excluding hydrogens is 341 g/mol. The van der Waals surface area contributed by atoms with Crippen LogP contribution < -0.4 is 4.74 Å². The molecule has 0 N–H and O–H groups in total. The van der Waals surface area contributed by atoms with Gasteiger partial charge in [-0.1, -0.05) is 23.9 Å². The highest BCUT2D eigenvalue weighted by Crippen LogP contribution is 2.26. The monoisotopic (exact) mass is 354 g/mol. The standard InChI is InChI=1S/C15H13F3N4OS/c1-9-7-13-20-21-14(22(13)10(2)19-9)24-8-11-3-5-12(6-4-11)23-15(16,17)18/h3-7H,8H2,1-2H3. The van der Waals surface area contributed by atoms with E-state index < -0.39 is 6.36 Å². The van der Waals surface area contributed by atoms with Crippen LogP contribution in [0.25, 0.3) is 5.65 Å². The molecule has 0 aliphatic rings. The molecule has 0 saturated carbocycles. The summed E-state index contributed by atoms with van der Waals surface area (Å²) in [4.78, 5) is 4.38. The Labute approximate surface area is 139 Å². The van der Waals surface area contributed by atoms with Crippen LogP contribution in [-0.4, -0.2) is 25.9 Å². The Morgan fingerprint density at radius 3 is 2.50 bits per heavy atom. The second-order valence-corrected chi connectivity index (χ2v) is 6.04. The molecule has 126 valence electrons. The first-order valence-electron chi connectivity index (χ1n) is 6.99. The first-order valence-corrected chi connectivity index (χ1v) is 7.97. The number of aryl methyl sites for hydroxylation is 2. The van der Waals surface area contributed by atoms with Gasteiger partial charge in [-0.2, -0.15) is 0 Å². The lowest BCUT2D eigenvalue weighted by molar-refractivity contribution is -0.274. The molecule has 0 saturated heterocycles. The van der Waals surface area contributed by atoms with Crippen LogP contribution >= 0.6 is 11.8 Å². The molecule has 2 aromatic heterocycles. The van der Waals surface area contributed by atoms with Gasteiger partial charge in [0, 0.05) is 17.5 Å². The van der Waals surface area contributed by atoms with Gasteiger partial charge in [0.15, 0.2) is 10.8 Å². The van der Waals surface area contributed by atoms with Gasteiger partial charge < -0.3 is 4.74 Å². The first-order chi connectivity index (χ1) is 11.3. The number of benzene rings is 1. The number of hydrogen-bond acceptors (Lipinski definition) is 5. The fourth-order valence-corrected chi connectivity index (χ4v) is 3.17. The molecule has 0 atom stereocenters. The Kier molecular flexibility index (Phi) is 4.35. The molecule has 3 aromatic rings. The number of ether oxygens (including phenoxy) is 1. The van der Waals surface area contributed by atoms with Gasteiger partial charge in [-0.3, -0.25) is 4.40 Å². The van der Waals surface area contributed by atoms with Crippen molar-refractivity contribution < 1.29 is 17.9 Å². The maximum Gasteiger partial charge on any atom is 0.573 e. The van der Waals surface area contributed by atoms with E-state index in [1.807, 2.05) is 24.3 Å². The minimum Gasteiger partial charge on any atom is -0.406 e. The van der Waals surface area contributed by atoms with Crippen LogP contribution in [0, 0.1) is 13.8 Å². The molecule has 2 heterocycles. The molecule has 0 unspecified atom stereocenters. The van der Waals surface area contributed by atoms with E-state index in [-0.39, 0.29) is 5.75 Å². The molecule has 0 fully saturated rings. The highest BCUT2D eigenvalue weighted by Gasteiger charge is 2.30. The fraction of sp³-hybridized carbons (Fsp3) is 0.267. The molecule has 0 spiro atoms. The van der Waals surface area contributed by atoms with Crippen molar-refractivity contribution in [2.45, 2.75) is 31.1 Å². The summed E-state index contributed by atoms with van der Waals surface area (Å²) in [6.45, 7) is 3.76. The van der Waals surface area contributed by atoms with E-state index in [0.717, 1.165) is 22.7 Å². The zero-order valence-corrected chi connectivity index (χ0v) is 13.6. The van der Waals surface area contributed by atoms with Gasteiger partial charge in [0.1, 0.15) is 11.6 Å². The number of thioether (sulfide) groups is 1. The molecule has 1 aromatic carbocycles. The minimum absolute atomic E-state index is 0.236. The smallest absolute Gasteiger partial charge is 0.406 e. The van der Waals surface area contributed by atoms with Crippen LogP contribution in [0.15, 0.2) is 35.5 Å². The zero-order valence-electron chi connectivity index (χ0n) is 12.8. The SMILES string of the molecule is Cc1cc2nnc(SCc3ccc(OC(F)(F)F)cc3)n2c(C)n1. The summed E-state index contributed by atoms with van der Waals surface area (Å²) in [7, 11) is 0. The molecule has 9 heteroatoms. The topological polar surface area (TPSA) is 52.3 Å².